The summed E-state index contributed by atoms with van der Waals surface area (Å²) >= 11 is 0. The first-order valence-corrected chi connectivity index (χ1v) is 8.82. The van der Waals surface area contributed by atoms with Gasteiger partial charge >= 0.3 is 0 Å². The number of aryl methyl sites for hydroxylation is 1. The molecule has 4 nitrogen and oxygen atoms in total. The number of methoxy groups -OCH3 is 1. The molecule has 0 spiro atoms. The SMILES string of the molecule is COc1cc(C2(C(=O)N[C@H]3CCCNC3)CCCC2)ccc1C. The van der Waals surface area contributed by atoms with Crippen LogP contribution in [0.2, 0.25) is 0 Å². The molecular weight excluding hydrogens is 288 g/mol. The van der Waals surface area contributed by atoms with Crippen LogP contribution >= 0.6 is 0 Å². The van der Waals surface area contributed by atoms with Crippen LogP contribution in [0, 0.1) is 6.92 Å². The Labute approximate surface area is 139 Å². The lowest BCUT2D eigenvalue weighted by molar-refractivity contribution is -0.127. The standard InChI is InChI=1S/C19H28N2O2/c1-14-7-8-15(12-17(14)23-2)19(9-3-4-10-19)18(22)21-16-6-5-11-20-13-16/h7-8,12,16,20H,3-6,9-11,13H2,1-2H3,(H,21,22)/t16-/m0/s1. The summed E-state index contributed by atoms with van der Waals surface area (Å²) in [6.07, 6.45) is 6.32. The number of benzene rings is 1. The van der Waals surface area contributed by atoms with E-state index in [4.69, 9.17) is 4.74 Å². The molecule has 1 amide bonds. The van der Waals surface area contributed by atoms with Gasteiger partial charge in [0, 0.05) is 12.6 Å². The zero-order chi connectivity index (χ0) is 16.3. The largest absolute Gasteiger partial charge is 0.496 e. The van der Waals surface area contributed by atoms with Gasteiger partial charge in [0.2, 0.25) is 5.91 Å². The van der Waals surface area contributed by atoms with Crippen molar-refractivity contribution in [2.45, 2.75) is 56.9 Å². The smallest absolute Gasteiger partial charge is 0.230 e. The van der Waals surface area contributed by atoms with E-state index in [9.17, 15) is 4.79 Å². The first-order valence-electron chi connectivity index (χ1n) is 8.82. The minimum atomic E-state index is -0.377. The molecule has 3 rings (SSSR count). The maximum Gasteiger partial charge on any atom is 0.230 e. The lowest BCUT2D eigenvalue weighted by atomic mass is 9.77. The second-order valence-electron chi connectivity index (χ2n) is 6.99. The van der Waals surface area contributed by atoms with Crippen molar-refractivity contribution in [3.05, 3.63) is 29.3 Å². The van der Waals surface area contributed by atoms with Crippen molar-refractivity contribution in [3.8, 4) is 5.75 Å². The highest BCUT2D eigenvalue weighted by Crippen LogP contribution is 2.43. The molecule has 1 aromatic rings. The number of carbonyl (C=O) groups excluding carboxylic acids is 1. The molecule has 1 aromatic carbocycles. The topological polar surface area (TPSA) is 50.4 Å². The highest BCUT2D eigenvalue weighted by atomic mass is 16.5. The fraction of sp³-hybridized carbons (Fsp3) is 0.632. The van der Waals surface area contributed by atoms with E-state index in [-0.39, 0.29) is 17.4 Å². The van der Waals surface area contributed by atoms with Crippen molar-refractivity contribution in [1.82, 2.24) is 10.6 Å². The molecule has 1 saturated carbocycles. The summed E-state index contributed by atoms with van der Waals surface area (Å²) in [6, 6.07) is 6.52. The molecule has 0 unspecified atom stereocenters. The van der Waals surface area contributed by atoms with Crippen molar-refractivity contribution in [3.63, 3.8) is 0 Å². The van der Waals surface area contributed by atoms with Crippen LogP contribution in [0.25, 0.3) is 0 Å². The van der Waals surface area contributed by atoms with Crippen molar-refractivity contribution in [2.24, 2.45) is 0 Å². The first-order chi connectivity index (χ1) is 11.2. The summed E-state index contributed by atoms with van der Waals surface area (Å²) in [7, 11) is 1.70. The molecule has 1 saturated heterocycles. The number of piperidine rings is 1. The maximum atomic E-state index is 13.1. The lowest BCUT2D eigenvalue weighted by Gasteiger charge is -2.32. The van der Waals surface area contributed by atoms with Crippen LogP contribution in [-0.2, 0) is 10.2 Å². The molecule has 1 heterocycles. The molecule has 4 heteroatoms. The number of hydrogen-bond acceptors (Lipinski definition) is 3. The van der Waals surface area contributed by atoms with Gasteiger partial charge in [-0.1, -0.05) is 25.0 Å². The van der Waals surface area contributed by atoms with E-state index in [1.807, 2.05) is 6.92 Å². The highest BCUT2D eigenvalue weighted by Gasteiger charge is 2.43. The zero-order valence-electron chi connectivity index (χ0n) is 14.3. The van der Waals surface area contributed by atoms with Gasteiger partial charge in [-0.05, 0) is 56.3 Å². The Bertz CT molecular complexity index is 558. The minimum Gasteiger partial charge on any atom is -0.496 e. The van der Waals surface area contributed by atoms with E-state index in [1.54, 1.807) is 7.11 Å². The van der Waals surface area contributed by atoms with Gasteiger partial charge < -0.3 is 15.4 Å². The van der Waals surface area contributed by atoms with Gasteiger partial charge in [0.15, 0.2) is 0 Å². The summed E-state index contributed by atoms with van der Waals surface area (Å²) in [5, 5.41) is 6.68. The second-order valence-corrected chi connectivity index (χ2v) is 6.99. The van der Waals surface area contributed by atoms with E-state index in [0.29, 0.717) is 0 Å². The zero-order valence-corrected chi connectivity index (χ0v) is 14.3. The van der Waals surface area contributed by atoms with Crippen molar-refractivity contribution < 1.29 is 9.53 Å². The Hall–Kier alpha value is -1.55. The molecule has 0 bridgehead atoms. The third-order valence-corrected chi connectivity index (χ3v) is 5.48. The Morgan fingerprint density at radius 1 is 1.30 bits per heavy atom. The average Bonchev–Trinajstić information content (AvgIpc) is 3.07. The number of amides is 1. The van der Waals surface area contributed by atoms with Crippen molar-refractivity contribution in [1.29, 1.82) is 0 Å². The molecule has 126 valence electrons. The fourth-order valence-electron chi connectivity index (χ4n) is 4.04. The normalized spacial score (nSPS) is 23.5. The molecule has 0 aromatic heterocycles. The van der Waals surface area contributed by atoms with Gasteiger partial charge in [-0.2, -0.15) is 0 Å². The quantitative estimate of drug-likeness (QED) is 0.898. The van der Waals surface area contributed by atoms with Gasteiger partial charge in [0.25, 0.3) is 0 Å². The van der Waals surface area contributed by atoms with Gasteiger partial charge in [-0.3, -0.25) is 4.79 Å². The Morgan fingerprint density at radius 2 is 2.09 bits per heavy atom. The molecule has 1 atom stereocenters. The van der Waals surface area contributed by atoms with Crippen molar-refractivity contribution in [2.75, 3.05) is 20.2 Å². The van der Waals surface area contributed by atoms with Gasteiger partial charge in [-0.25, -0.2) is 0 Å². The number of nitrogens with one attached hydrogen (secondary N) is 2. The molecule has 1 aliphatic carbocycles. The molecule has 0 radical (unpaired) electrons. The summed E-state index contributed by atoms with van der Waals surface area (Å²) in [6.45, 7) is 3.99. The number of ether oxygens (including phenoxy) is 1. The first kappa shape index (κ1) is 16.3. The Kier molecular flexibility index (Phi) is 4.90. The highest BCUT2D eigenvalue weighted by molar-refractivity contribution is 5.89. The monoisotopic (exact) mass is 316 g/mol. The second kappa shape index (κ2) is 6.91. The summed E-state index contributed by atoms with van der Waals surface area (Å²) in [4.78, 5) is 13.1. The predicted octanol–water partition coefficient (Wildman–Crippen LogP) is 2.68. The molecule has 2 N–H and O–H groups in total. The summed E-state index contributed by atoms with van der Waals surface area (Å²) in [5.41, 5.74) is 1.85. The third kappa shape index (κ3) is 3.23. The van der Waals surface area contributed by atoms with E-state index >= 15 is 0 Å². The number of carbonyl (C=O) groups is 1. The van der Waals surface area contributed by atoms with Gasteiger partial charge in [0.05, 0.1) is 12.5 Å². The summed E-state index contributed by atoms with van der Waals surface area (Å²) < 4.78 is 5.48. The number of hydrogen-bond donors (Lipinski definition) is 2. The maximum absolute atomic E-state index is 13.1. The minimum absolute atomic E-state index is 0.203. The van der Waals surface area contributed by atoms with Gasteiger partial charge in [-0.15, -0.1) is 0 Å². The molecule has 2 aliphatic rings. The van der Waals surface area contributed by atoms with Crippen LogP contribution < -0.4 is 15.4 Å². The third-order valence-electron chi connectivity index (χ3n) is 5.48. The Balaban J connectivity index is 1.85. The van der Waals surface area contributed by atoms with Crippen LogP contribution in [0.15, 0.2) is 18.2 Å². The molecule has 23 heavy (non-hydrogen) atoms. The molecular formula is C19H28N2O2. The van der Waals surface area contributed by atoms with E-state index in [2.05, 4.69) is 28.8 Å². The summed E-state index contributed by atoms with van der Waals surface area (Å²) in [5.74, 6) is 1.08. The van der Waals surface area contributed by atoms with Crippen LogP contribution in [0.3, 0.4) is 0 Å². The van der Waals surface area contributed by atoms with E-state index < -0.39 is 0 Å². The van der Waals surface area contributed by atoms with Crippen LogP contribution in [0.1, 0.15) is 49.7 Å². The van der Waals surface area contributed by atoms with E-state index in [1.165, 1.54) is 0 Å². The fourth-order valence-corrected chi connectivity index (χ4v) is 4.04. The molecule has 2 fully saturated rings. The lowest BCUT2D eigenvalue weighted by Crippen LogP contribution is -2.51. The number of rotatable bonds is 4. The molecule has 1 aliphatic heterocycles. The van der Waals surface area contributed by atoms with E-state index in [0.717, 1.165) is 68.5 Å². The van der Waals surface area contributed by atoms with Gasteiger partial charge in [0.1, 0.15) is 5.75 Å². The van der Waals surface area contributed by atoms with Crippen LogP contribution in [-0.4, -0.2) is 32.1 Å². The Morgan fingerprint density at radius 3 is 2.74 bits per heavy atom. The predicted molar refractivity (Wildman–Crippen MR) is 91.9 cm³/mol. The van der Waals surface area contributed by atoms with Crippen molar-refractivity contribution >= 4 is 5.91 Å². The average molecular weight is 316 g/mol. The van der Waals surface area contributed by atoms with Crippen LogP contribution in [0.4, 0.5) is 0 Å². The van der Waals surface area contributed by atoms with Crippen LogP contribution in [0.5, 0.6) is 5.75 Å².